The summed E-state index contributed by atoms with van der Waals surface area (Å²) < 4.78 is 6.41. The summed E-state index contributed by atoms with van der Waals surface area (Å²) in [6.45, 7) is 10.5. The number of ether oxygens (including phenoxy) is 1. The first kappa shape index (κ1) is 29.6. The van der Waals surface area contributed by atoms with E-state index in [0.29, 0.717) is 28.7 Å². The van der Waals surface area contributed by atoms with Gasteiger partial charge >= 0.3 is 0 Å². The zero-order chi connectivity index (χ0) is 29.3. The Bertz CT molecular complexity index is 1320. The van der Waals surface area contributed by atoms with Gasteiger partial charge in [0.2, 0.25) is 0 Å². The van der Waals surface area contributed by atoms with Crippen LogP contribution in [0.4, 0.5) is 0 Å². The van der Waals surface area contributed by atoms with Crippen molar-refractivity contribution in [3.63, 3.8) is 0 Å². The van der Waals surface area contributed by atoms with Gasteiger partial charge in [0.05, 0.1) is 12.4 Å². The molecular weight excluding hydrogens is 531 g/mol. The van der Waals surface area contributed by atoms with Crippen LogP contribution in [0.15, 0.2) is 71.6 Å². The molecule has 1 aromatic carbocycles. The van der Waals surface area contributed by atoms with Gasteiger partial charge < -0.3 is 4.74 Å². The summed E-state index contributed by atoms with van der Waals surface area (Å²) in [5.74, 6) is 4.34. The Hall–Kier alpha value is -2.46. The highest BCUT2D eigenvalue weighted by Gasteiger charge is 2.48. The Balaban J connectivity index is 1.08. The number of hydrogen-bond donors (Lipinski definition) is 0. The van der Waals surface area contributed by atoms with Crippen molar-refractivity contribution in [3.05, 3.63) is 77.2 Å². The van der Waals surface area contributed by atoms with Gasteiger partial charge in [0.15, 0.2) is 0 Å². The molecule has 2 aromatic rings. The maximum Gasteiger partial charge on any atom is 0.146 e. The summed E-state index contributed by atoms with van der Waals surface area (Å²) in [6.07, 6.45) is 16.8. The average Bonchev–Trinajstić information content (AvgIpc) is 3.38. The minimum absolute atomic E-state index is 0.392. The second kappa shape index (κ2) is 12.6. The molecule has 0 aliphatic heterocycles. The third kappa shape index (κ3) is 5.38. The van der Waals surface area contributed by atoms with Crippen molar-refractivity contribution in [1.82, 2.24) is 4.98 Å². The fraction of sp³-hybridized carbons (Fsp3) is 0.579. The van der Waals surface area contributed by atoms with Crippen LogP contribution in [0.1, 0.15) is 97.5 Å². The van der Waals surface area contributed by atoms with Gasteiger partial charge in [-0.15, -0.1) is 0 Å². The zero-order valence-electron chi connectivity index (χ0n) is 26.4. The number of ketones is 1. The number of aromatic nitrogens is 1. The number of allylic oxidation sites excluding steroid dienone is 4. The summed E-state index contributed by atoms with van der Waals surface area (Å²) in [4.78, 5) is 17.3. The molecular formula is C38H51NO2Si. The van der Waals surface area contributed by atoms with Crippen molar-refractivity contribution >= 4 is 24.4 Å². The molecule has 4 heteroatoms. The lowest BCUT2D eigenvalue weighted by Crippen LogP contribution is -2.64. The van der Waals surface area contributed by atoms with Gasteiger partial charge in [0, 0.05) is 30.3 Å². The molecule has 224 valence electrons. The second-order valence-corrected chi connectivity index (χ2v) is 19.3. The topological polar surface area (TPSA) is 39.2 Å². The Labute approximate surface area is 255 Å². The van der Waals surface area contributed by atoms with Crippen molar-refractivity contribution in [2.75, 3.05) is 6.61 Å². The van der Waals surface area contributed by atoms with E-state index in [9.17, 15) is 4.79 Å². The van der Waals surface area contributed by atoms with E-state index in [1.807, 2.05) is 12.3 Å². The average molecular weight is 582 g/mol. The van der Waals surface area contributed by atoms with Crippen molar-refractivity contribution in [3.8, 4) is 0 Å². The number of rotatable bonds is 10. The largest absolute Gasteiger partial charge is 0.498 e. The maximum absolute atomic E-state index is 12.4. The first-order valence-corrected chi connectivity index (χ1v) is 19.1. The van der Waals surface area contributed by atoms with Crippen LogP contribution < -0.4 is 10.5 Å². The van der Waals surface area contributed by atoms with E-state index in [1.165, 1.54) is 42.3 Å². The van der Waals surface area contributed by atoms with Gasteiger partial charge in [-0.25, -0.2) is 0 Å². The van der Waals surface area contributed by atoms with E-state index in [1.54, 1.807) is 16.3 Å². The molecule has 2 saturated carbocycles. The number of carbonyl (C=O) groups excluding carboxylic acids is 1. The third-order valence-corrected chi connectivity index (χ3v) is 17.8. The molecule has 1 aromatic heterocycles. The van der Waals surface area contributed by atoms with Gasteiger partial charge in [-0.2, -0.15) is 0 Å². The first-order valence-electron chi connectivity index (χ1n) is 17.0. The Morgan fingerprint density at radius 1 is 0.833 bits per heavy atom. The normalized spacial score (nSPS) is 25.8. The highest BCUT2D eigenvalue weighted by Crippen LogP contribution is 2.54. The lowest BCUT2D eigenvalue weighted by atomic mass is 9.59. The summed E-state index contributed by atoms with van der Waals surface area (Å²) in [5.41, 5.74) is 5.95. The number of fused-ring (bicyclic) bond motifs is 4. The third-order valence-electron chi connectivity index (χ3n) is 11.6. The minimum atomic E-state index is -2.06. The van der Waals surface area contributed by atoms with Gasteiger partial charge in [-0.05, 0) is 121 Å². The maximum atomic E-state index is 12.4. The van der Waals surface area contributed by atoms with Gasteiger partial charge in [0.1, 0.15) is 13.9 Å². The fourth-order valence-electron chi connectivity index (χ4n) is 9.80. The van der Waals surface area contributed by atoms with E-state index in [2.05, 4.69) is 70.2 Å². The van der Waals surface area contributed by atoms with Crippen molar-refractivity contribution < 1.29 is 9.53 Å². The van der Waals surface area contributed by atoms with E-state index in [4.69, 9.17) is 9.72 Å². The number of hydrogen-bond acceptors (Lipinski definition) is 3. The SMILES string of the molecule is CC(C)[Si](c1ccccn1)(c1ccccc1CCCCOC1=CC2=C(CC1)[C@H]1CC[C@@H]3C(=O)CC[C@H]3[C@@H]1CC2)C(C)C. The molecule has 0 bridgehead atoms. The van der Waals surface area contributed by atoms with Crippen molar-refractivity contribution in [1.29, 1.82) is 0 Å². The van der Waals surface area contributed by atoms with E-state index in [-0.39, 0.29) is 0 Å². The van der Waals surface area contributed by atoms with Crippen LogP contribution in [-0.2, 0) is 16.0 Å². The fourth-order valence-corrected chi connectivity index (χ4v) is 15.6. The Morgan fingerprint density at radius 3 is 2.36 bits per heavy atom. The number of Topliss-reactive ketones (excluding diaryl/α,β-unsaturated/α-hetero) is 1. The predicted octanol–water partition coefficient (Wildman–Crippen LogP) is 8.19. The van der Waals surface area contributed by atoms with E-state index >= 15 is 0 Å². The van der Waals surface area contributed by atoms with Gasteiger partial charge in [-0.1, -0.05) is 63.6 Å². The molecule has 0 amide bonds. The van der Waals surface area contributed by atoms with Crippen LogP contribution in [-0.4, -0.2) is 25.4 Å². The summed E-state index contributed by atoms with van der Waals surface area (Å²) in [5, 5.41) is 2.90. The number of benzene rings is 1. The smallest absolute Gasteiger partial charge is 0.146 e. The molecule has 4 aliphatic carbocycles. The van der Waals surface area contributed by atoms with E-state index < -0.39 is 8.07 Å². The van der Waals surface area contributed by atoms with E-state index in [0.717, 1.165) is 63.4 Å². The molecule has 0 radical (unpaired) electrons. The first-order chi connectivity index (χ1) is 20.4. The number of aryl methyl sites for hydroxylation is 1. The minimum Gasteiger partial charge on any atom is -0.498 e. The molecule has 3 nitrogen and oxygen atoms in total. The standard InChI is InChI=1S/C38H51NO2Si/c1-26(2)42(27(3)4,38-14-7-9-23-39-38)37-13-6-5-11-28(37)12-8-10-24-41-30-16-18-31-29(25-30)15-17-33-32(31)19-20-35-34(33)21-22-36(35)40/h5-7,9,11,13-14,23,25-27,32-35H,8,10,12,15-22,24H2,1-4H3/t32-,33-,34+,35+/m1/s1. The van der Waals surface area contributed by atoms with Crippen LogP contribution in [0.3, 0.4) is 0 Å². The number of nitrogens with zero attached hydrogens (tertiary/aromatic N) is 1. The Morgan fingerprint density at radius 2 is 1.57 bits per heavy atom. The highest BCUT2D eigenvalue weighted by molar-refractivity contribution is 7.03. The number of unbranched alkanes of at least 4 members (excludes halogenated alkanes) is 1. The lowest BCUT2D eigenvalue weighted by molar-refractivity contribution is -0.122. The number of carbonyl (C=O) groups is 1. The highest BCUT2D eigenvalue weighted by atomic mass is 28.3. The van der Waals surface area contributed by atoms with Crippen molar-refractivity contribution in [2.45, 2.75) is 109 Å². The predicted molar refractivity (Wildman–Crippen MR) is 176 cm³/mol. The second-order valence-electron chi connectivity index (χ2n) is 14.2. The molecule has 1 heterocycles. The quantitative estimate of drug-likeness (QED) is 0.210. The molecule has 2 fully saturated rings. The van der Waals surface area contributed by atoms with Crippen molar-refractivity contribution in [2.24, 2.45) is 23.7 Å². The molecule has 0 saturated heterocycles. The molecule has 0 unspecified atom stereocenters. The number of pyridine rings is 1. The lowest BCUT2D eigenvalue weighted by Gasteiger charge is -2.45. The summed E-state index contributed by atoms with van der Waals surface area (Å²) >= 11 is 0. The molecule has 4 aliphatic rings. The van der Waals surface area contributed by atoms with Gasteiger partial charge in [0.25, 0.3) is 0 Å². The van der Waals surface area contributed by atoms with Crippen LogP contribution in [0.25, 0.3) is 0 Å². The zero-order valence-corrected chi connectivity index (χ0v) is 27.4. The molecule has 0 spiro atoms. The van der Waals surface area contributed by atoms with Crippen LogP contribution in [0, 0.1) is 23.7 Å². The monoisotopic (exact) mass is 581 g/mol. The molecule has 0 N–H and O–H groups in total. The van der Waals surface area contributed by atoms with Crippen LogP contribution in [0.2, 0.25) is 11.1 Å². The van der Waals surface area contributed by atoms with Crippen LogP contribution in [0.5, 0.6) is 0 Å². The van der Waals surface area contributed by atoms with Crippen LogP contribution >= 0.6 is 0 Å². The molecule has 4 atom stereocenters. The summed E-state index contributed by atoms with van der Waals surface area (Å²) in [6, 6.07) is 15.7. The Kier molecular flexibility index (Phi) is 8.91. The van der Waals surface area contributed by atoms with Gasteiger partial charge in [-0.3, -0.25) is 9.78 Å². The molecule has 6 rings (SSSR count). The molecule has 42 heavy (non-hydrogen) atoms. The summed E-state index contributed by atoms with van der Waals surface area (Å²) in [7, 11) is -2.06.